The molecule has 3 aromatic carbocycles. The predicted octanol–water partition coefficient (Wildman–Crippen LogP) is 7.71. The average molecular weight is 516 g/mol. The van der Waals surface area contributed by atoms with Gasteiger partial charge in [0, 0.05) is 31.8 Å². The molecule has 0 aliphatic carbocycles. The summed E-state index contributed by atoms with van der Waals surface area (Å²) in [5.41, 5.74) is 3.01. The number of hydrogen-bond acceptors (Lipinski definition) is 2. The summed E-state index contributed by atoms with van der Waals surface area (Å²) >= 11 is 19.1. The van der Waals surface area contributed by atoms with Crippen LogP contribution in [0.25, 0.3) is 0 Å². The first kappa shape index (κ1) is 19.6. The summed E-state index contributed by atoms with van der Waals surface area (Å²) in [6.07, 6.45) is 0. The molecule has 0 radical (unpaired) electrons. The molecular weight excluding hydrogens is 501 g/mol. The second-order valence-electron chi connectivity index (χ2n) is 5.65. The van der Waals surface area contributed by atoms with E-state index in [0.29, 0.717) is 23.2 Å². The zero-order valence-electron chi connectivity index (χ0n) is 13.6. The third-order valence-electron chi connectivity index (χ3n) is 3.73. The van der Waals surface area contributed by atoms with Crippen LogP contribution in [0.4, 0.5) is 5.69 Å². The molecule has 0 aliphatic rings. The molecular formula is C20H15Br2Cl2NO. The van der Waals surface area contributed by atoms with Gasteiger partial charge in [-0.1, -0.05) is 51.3 Å². The van der Waals surface area contributed by atoms with Gasteiger partial charge in [0.25, 0.3) is 0 Å². The van der Waals surface area contributed by atoms with E-state index in [1.165, 1.54) is 0 Å². The van der Waals surface area contributed by atoms with E-state index in [-0.39, 0.29) is 0 Å². The van der Waals surface area contributed by atoms with E-state index in [9.17, 15) is 0 Å². The molecule has 0 saturated heterocycles. The van der Waals surface area contributed by atoms with Crippen molar-refractivity contribution in [2.24, 2.45) is 0 Å². The first-order valence-corrected chi connectivity index (χ1v) is 10.2. The summed E-state index contributed by atoms with van der Waals surface area (Å²) in [6.45, 7) is 1.07. The molecule has 0 aliphatic heterocycles. The van der Waals surface area contributed by atoms with Gasteiger partial charge in [0.2, 0.25) is 0 Å². The monoisotopic (exact) mass is 513 g/mol. The second-order valence-corrected chi connectivity index (χ2v) is 8.26. The standard InChI is InChI=1S/C20H15Br2Cl2NO/c21-15-3-1-13(2-4-15)12-26-20-8-5-16(23)9-14(20)11-25-17-6-7-18(22)19(24)10-17/h1-10,25H,11-12H2. The van der Waals surface area contributed by atoms with Gasteiger partial charge in [0.05, 0.1) is 5.02 Å². The number of halogens is 4. The Labute approximate surface area is 179 Å². The lowest BCUT2D eigenvalue weighted by Crippen LogP contribution is -2.04. The summed E-state index contributed by atoms with van der Waals surface area (Å²) in [6, 6.07) is 19.4. The van der Waals surface area contributed by atoms with Crippen LogP contribution in [0.1, 0.15) is 11.1 Å². The van der Waals surface area contributed by atoms with Crippen molar-refractivity contribution in [1.29, 1.82) is 0 Å². The largest absolute Gasteiger partial charge is 0.489 e. The fourth-order valence-corrected chi connectivity index (χ4v) is 3.26. The summed E-state index contributed by atoms with van der Waals surface area (Å²) in [7, 11) is 0. The van der Waals surface area contributed by atoms with Crippen molar-refractivity contribution in [2.75, 3.05) is 5.32 Å². The van der Waals surface area contributed by atoms with Crippen LogP contribution in [0.2, 0.25) is 10.0 Å². The molecule has 134 valence electrons. The predicted molar refractivity (Wildman–Crippen MR) is 116 cm³/mol. The summed E-state index contributed by atoms with van der Waals surface area (Å²) < 4.78 is 7.92. The Bertz CT molecular complexity index is 901. The Balaban J connectivity index is 1.70. The van der Waals surface area contributed by atoms with Crippen molar-refractivity contribution < 1.29 is 4.74 Å². The van der Waals surface area contributed by atoms with E-state index >= 15 is 0 Å². The van der Waals surface area contributed by atoms with Crippen LogP contribution in [0.5, 0.6) is 5.75 Å². The minimum atomic E-state index is 0.492. The van der Waals surface area contributed by atoms with Gasteiger partial charge in [0.15, 0.2) is 0 Å². The van der Waals surface area contributed by atoms with Crippen LogP contribution in [-0.4, -0.2) is 0 Å². The Morgan fingerprint density at radius 2 is 1.65 bits per heavy atom. The third kappa shape index (κ3) is 5.40. The molecule has 0 spiro atoms. The Hall–Kier alpha value is -1.20. The van der Waals surface area contributed by atoms with Crippen molar-refractivity contribution >= 4 is 60.7 Å². The van der Waals surface area contributed by atoms with Crippen LogP contribution in [0, 0.1) is 0 Å². The van der Waals surface area contributed by atoms with Gasteiger partial charge in [-0.2, -0.15) is 0 Å². The Morgan fingerprint density at radius 1 is 0.885 bits per heavy atom. The van der Waals surface area contributed by atoms with Gasteiger partial charge in [0.1, 0.15) is 12.4 Å². The highest BCUT2D eigenvalue weighted by molar-refractivity contribution is 9.10. The molecule has 3 aromatic rings. The van der Waals surface area contributed by atoms with Gasteiger partial charge in [-0.3, -0.25) is 0 Å². The van der Waals surface area contributed by atoms with Gasteiger partial charge in [-0.05, 0) is 70.0 Å². The number of nitrogens with one attached hydrogen (secondary N) is 1. The van der Waals surface area contributed by atoms with Crippen LogP contribution in [-0.2, 0) is 13.2 Å². The van der Waals surface area contributed by atoms with E-state index < -0.39 is 0 Å². The van der Waals surface area contributed by atoms with E-state index in [1.807, 2.05) is 60.7 Å². The second kappa shape index (κ2) is 9.14. The molecule has 0 aromatic heterocycles. The zero-order valence-corrected chi connectivity index (χ0v) is 18.3. The van der Waals surface area contributed by atoms with Gasteiger partial charge >= 0.3 is 0 Å². The van der Waals surface area contributed by atoms with Gasteiger partial charge < -0.3 is 10.1 Å². The SMILES string of the molecule is Clc1ccc(OCc2ccc(Br)cc2)c(CNc2ccc(Br)c(Cl)c2)c1. The van der Waals surface area contributed by atoms with Crippen molar-refractivity contribution in [3.8, 4) is 5.75 Å². The molecule has 2 nitrogen and oxygen atoms in total. The molecule has 0 heterocycles. The molecule has 1 N–H and O–H groups in total. The molecule has 3 rings (SSSR count). The smallest absolute Gasteiger partial charge is 0.124 e. The van der Waals surface area contributed by atoms with E-state index in [4.69, 9.17) is 27.9 Å². The van der Waals surface area contributed by atoms with Crippen LogP contribution in [0.15, 0.2) is 69.6 Å². The highest BCUT2D eigenvalue weighted by atomic mass is 79.9. The summed E-state index contributed by atoms with van der Waals surface area (Å²) in [4.78, 5) is 0. The fraction of sp³-hybridized carbons (Fsp3) is 0.100. The molecule has 0 saturated carbocycles. The molecule has 0 atom stereocenters. The number of hydrogen-bond donors (Lipinski definition) is 1. The molecule has 6 heteroatoms. The van der Waals surface area contributed by atoms with Gasteiger partial charge in [-0.15, -0.1) is 0 Å². The number of benzene rings is 3. The normalized spacial score (nSPS) is 10.6. The van der Waals surface area contributed by atoms with Gasteiger partial charge in [-0.25, -0.2) is 0 Å². The minimum Gasteiger partial charge on any atom is -0.489 e. The lowest BCUT2D eigenvalue weighted by Gasteiger charge is -2.14. The highest BCUT2D eigenvalue weighted by Gasteiger charge is 2.07. The Kier molecular flexibility index (Phi) is 6.87. The molecule has 0 fully saturated rings. The lowest BCUT2D eigenvalue weighted by atomic mass is 10.2. The number of rotatable bonds is 6. The topological polar surface area (TPSA) is 21.3 Å². The third-order valence-corrected chi connectivity index (χ3v) is 5.73. The molecule has 0 unspecified atom stereocenters. The van der Waals surface area contributed by atoms with E-state index in [0.717, 1.165) is 31.5 Å². The first-order chi connectivity index (χ1) is 12.5. The van der Waals surface area contributed by atoms with Crippen LogP contribution in [0.3, 0.4) is 0 Å². The number of anilines is 1. The van der Waals surface area contributed by atoms with Crippen molar-refractivity contribution in [2.45, 2.75) is 13.2 Å². The molecule has 0 bridgehead atoms. The van der Waals surface area contributed by atoms with E-state index in [2.05, 4.69) is 37.2 Å². The quantitative estimate of drug-likeness (QED) is 0.363. The summed E-state index contributed by atoms with van der Waals surface area (Å²) in [5, 5.41) is 4.68. The van der Waals surface area contributed by atoms with Crippen molar-refractivity contribution in [3.63, 3.8) is 0 Å². The lowest BCUT2D eigenvalue weighted by molar-refractivity contribution is 0.303. The highest BCUT2D eigenvalue weighted by Crippen LogP contribution is 2.28. The fourth-order valence-electron chi connectivity index (χ4n) is 2.37. The van der Waals surface area contributed by atoms with Crippen LogP contribution >= 0.6 is 55.1 Å². The minimum absolute atomic E-state index is 0.492. The first-order valence-electron chi connectivity index (χ1n) is 7.86. The average Bonchev–Trinajstić information content (AvgIpc) is 2.63. The summed E-state index contributed by atoms with van der Waals surface area (Å²) in [5.74, 6) is 0.799. The van der Waals surface area contributed by atoms with Crippen LogP contribution < -0.4 is 10.1 Å². The molecule has 26 heavy (non-hydrogen) atoms. The maximum Gasteiger partial charge on any atom is 0.124 e. The maximum atomic E-state index is 6.16. The maximum absolute atomic E-state index is 6.16. The number of ether oxygens (including phenoxy) is 1. The van der Waals surface area contributed by atoms with Crippen molar-refractivity contribution in [1.82, 2.24) is 0 Å². The Morgan fingerprint density at radius 3 is 2.38 bits per heavy atom. The van der Waals surface area contributed by atoms with Crippen molar-refractivity contribution in [3.05, 3.63) is 90.8 Å². The zero-order chi connectivity index (χ0) is 18.5. The molecule has 0 amide bonds. The van der Waals surface area contributed by atoms with E-state index in [1.54, 1.807) is 0 Å².